The second-order valence-electron chi connectivity index (χ2n) is 5.79. The summed E-state index contributed by atoms with van der Waals surface area (Å²) in [6.07, 6.45) is 2.49. The van der Waals surface area contributed by atoms with E-state index in [1.807, 2.05) is 6.07 Å². The lowest BCUT2D eigenvalue weighted by Gasteiger charge is -2.17. The van der Waals surface area contributed by atoms with Crippen LogP contribution in [0, 0.1) is 17.2 Å². The highest BCUT2D eigenvalue weighted by atomic mass is 16.1. The first-order valence-electron chi connectivity index (χ1n) is 7.50. The molecule has 21 heavy (non-hydrogen) atoms. The highest BCUT2D eigenvalue weighted by molar-refractivity contribution is 5.92. The Labute approximate surface area is 127 Å². The Hall–Kier alpha value is -1.86. The molecule has 4 heteroatoms. The summed E-state index contributed by atoms with van der Waals surface area (Å²) in [7, 11) is 2.09. The lowest BCUT2D eigenvalue weighted by Crippen LogP contribution is -2.23. The molecule has 0 unspecified atom stereocenters. The largest absolute Gasteiger partial charge is 0.325 e. The number of carbonyl (C=O) groups excluding carboxylic acids is 1. The Morgan fingerprint density at radius 3 is 2.71 bits per heavy atom. The van der Waals surface area contributed by atoms with Crippen molar-refractivity contribution in [3.63, 3.8) is 0 Å². The number of hydrogen-bond acceptors (Lipinski definition) is 3. The van der Waals surface area contributed by atoms with Gasteiger partial charge in [-0.2, -0.15) is 5.26 Å². The second kappa shape index (κ2) is 9.15. The highest BCUT2D eigenvalue weighted by Crippen LogP contribution is 2.14. The van der Waals surface area contributed by atoms with E-state index in [1.165, 1.54) is 6.42 Å². The van der Waals surface area contributed by atoms with Crippen molar-refractivity contribution in [1.82, 2.24) is 4.90 Å². The summed E-state index contributed by atoms with van der Waals surface area (Å²) in [5.74, 6) is 0.674. The molecule has 0 saturated heterocycles. The van der Waals surface area contributed by atoms with Crippen molar-refractivity contribution in [3.8, 4) is 6.07 Å². The first-order chi connectivity index (χ1) is 10.0. The fourth-order valence-corrected chi connectivity index (χ4v) is 2.00. The van der Waals surface area contributed by atoms with Gasteiger partial charge in [-0.25, -0.2) is 0 Å². The van der Waals surface area contributed by atoms with Crippen molar-refractivity contribution >= 4 is 11.6 Å². The summed E-state index contributed by atoms with van der Waals surface area (Å²) in [5.41, 5.74) is 1.10. The summed E-state index contributed by atoms with van der Waals surface area (Å²) in [5, 5.41) is 11.8. The van der Waals surface area contributed by atoms with Crippen LogP contribution in [-0.2, 0) is 4.79 Å². The van der Waals surface area contributed by atoms with Gasteiger partial charge < -0.3 is 10.2 Å². The molecule has 0 aliphatic heterocycles. The molecule has 0 aliphatic rings. The quantitative estimate of drug-likeness (QED) is 0.798. The van der Waals surface area contributed by atoms with Crippen LogP contribution in [0.3, 0.4) is 0 Å². The van der Waals surface area contributed by atoms with E-state index in [0.717, 1.165) is 19.5 Å². The van der Waals surface area contributed by atoms with Gasteiger partial charge in [0.1, 0.15) is 6.07 Å². The van der Waals surface area contributed by atoms with Gasteiger partial charge in [0.25, 0.3) is 0 Å². The minimum absolute atomic E-state index is 0.0324. The molecule has 0 bridgehead atoms. The van der Waals surface area contributed by atoms with Crippen LogP contribution in [-0.4, -0.2) is 30.9 Å². The third kappa shape index (κ3) is 6.92. The average Bonchev–Trinajstić information content (AvgIpc) is 2.45. The van der Waals surface area contributed by atoms with Gasteiger partial charge in [0.15, 0.2) is 0 Å². The molecule has 114 valence electrons. The number of rotatable bonds is 8. The van der Waals surface area contributed by atoms with Gasteiger partial charge >= 0.3 is 0 Å². The zero-order chi connectivity index (χ0) is 15.7. The monoisotopic (exact) mass is 287 g/mol. The van der Waals surface area contributed by atoms with Gasteiger partial charge in [0.2, 0.25) is 5.91 Å². The smallest absolute Gasteiger partial charge is 0.224 e. The first kappa shape index (κ1) is 17.2. The molecule has 1 aromatic rings. The molecule has 0 radical (unpaired) electrons. The van der Waals surface area contributed by atoms with E-state index in [4.69, 9.17) is 5.26 Å². The molecule has 0 aliphatic carbocycles. The predicted octanol–water partition coefficient (Wildman–Crippen LogP) is 3.25. The van der Waals surface area contributed by atoms with Crippen molar-refractivity contribution < 1.29 is 4.79 Å². The lowest BCUT2D eigenvalue weighted by molar-refractivity contribution is -0.116. The number of anilines is 1. The fraction of sp³-hybridized carbons (Fsp3) is 0.529. The minimum atomic E-state index is -0.0324. The van der Waals surface area contributed by atoms with Gasteiger partial charge in [-0.1, -0.05) is 26.0 Å². The minimum Gasteiger partial charge on any atom is -0.325 e. The first-order valence-corrected chi connectivity index (χ1v) is 7.50. The van der Waals surface area contributed by atoms with Crippen molar-refractivity contribution in [2.24, 2.45) is 5.92 Å². The molecule has 1 aromatic carbocycles. The number of nitrogens with one attached hydrogen (secondary N) is 1. The molecule has 1 rings (SSSR count). The summed E-state index contributed by atoms with van der Waals surface area (Å²) in [4.78, 5) is 14.1. The van der Waals surface area contributed by atoms with Crippen LogP contribution in [0.5, 0.6) is 0 Å². The molecular formula is C17H25N3O. The van der Waals surface area contributed by atoms with Crippen LogP contribution < -0.4 is 5.32 Å². The summed E-state index contributed by atoms with van der Waals surface area (Å²) < 4.78 is 0. The van der Waals surface area contributed by atoms with E-state index in [2.05, 4.69) is 37.2 Å². The molecule has 0 aromatic heterocycles. The summed E-state index contributed by atoms with van der Waals surface area (Å²) in [6.45, 7) is 6.42. The van der Waals surface area contributed by atoms with E-state index < -0.39 is 0 Å². The van der Waals surface area contributed by atoms with E-state index >= 15 is 0 Å². The van der Waals surface area contributed by atoms with Crippen LogP contribution in [0.25, 0.3) is 0 Å². The number of nitriles is 1. The van der Waals surface area contributed by atoms with Crippen LogP contribution in [0.15, 0.2) is 24.3 Å². The van der Waals surface area contributed by atoms with Gasteiger partial charge in [-0.15, -0.1) is 0 Å². The van der Waals surface area contributed by atoms with Crippen molar-refractivity contribution in [3.05, 3.63) is 29.8 Å². The zero-order valence-electron chi connectivity index (χ0n) is 13.2. The molecule has 4 nitrogen and oxygen atoms in total. The second-order valence-corrected chi connectivity index (χ2v) is 5.79. The fourth-order valence-electron chi connectivity index (χ4n) is 2.00. The number of amides is 1. The molecule has 0 spiro atoms. The molecule has 1 amide bonds. The van der Waals surface area contributed by atoms with Crippen LogP contribution in [0.2, 0.25) is 0 Å². The maximum absolute atomic E-state index is 11.9. The van der Waals surface area contributed by atoms with Crippen molar-refractivity contribution in [2.45, 2.75) is 33.1 Å². The topological polar surface area (TPSA) is 56.1 Å². The molecule has 1 N–H and O–H groups in total. The highest BCUT2D eigenvalue weighted by Gasteiger charge is 2.07. The normalized spacial score (nSPS) is 10.7. The maximum atomic E-state index is 11.9. The van der Waals surface area contributed by atoms with E-state index in [1.54, 1.807) is 18.2 Å². The van der Waals surface area contributed by atoms with Gasteiger partial charge in [-0.05, 0) is 51.0 Å². The van der Waals surface area contributed by atoms with Gasteiger partial charge in [0.05, 0.1) is 11.3 Å². The van der Waals surface area contributed by atoms with E-state index in [0.29, 0.717) is 23.6 Å². The maximum Gasteiger partial charge on any atom is 0.224 e. The van der Waals surface area contributed by atoms with Gasteiger partial charge in [-0.3, -0.25) is 4.79 Å². The van der Waals surface area contributed by atoms with Crippen LogP contribution >= 0.6 is 0 Å². The molecule has 0 heterocycles. The summed E-state index contributed by atoms with van der Waals surface area (Å²) >= 11 is 0. The van der Waals surface area contributed by atoms with Crippen molar-refractivity contribution in [2.75, 3.05) is 25.5 Å². The van der Waals surface area contributed by atoms with Crippen LogP contribution in [0.1, 0.15) is 38.7 Å². The number of hydrogen-bond donors (Lipinski definition) is 1. The number of benzene rings is 1. The molecule has 0 atom stereocenters. The van der Waals surface area contributed by atoms with Crippen molar-refractivity contribution in [1.29, 1.82) is 5.26 Å². The molecule has 0 saturated carbocycles. The number of carbonyl (C=O) groups is 1. The predicted molar refractivity (Wildman–Crippen MR) is 86.0 cm³/mol. The third-order valence-electron chi connectivity index (χ3n) is 3.35. The number of para-hydroxylation sites is 1. The van der Waals surface area contributed by atoms with E-state index in [-0.39, 0.29) is 5.91 Å². The number of nitrogens with zero attached hydrogens (tertiary/aromatic N) is 2. The Kier molecular flexibility index (Phi) is 7.49. The Balaban J connectivity index is 2.30. The van der Waals surface area contributed by atoms with E-state index in [9.17, 15) is 4.79 Å². The SMILES string of the molecule is CC(C)CCN(C)CCCC(=O)Nc1ccccc1C#N. The molecular weight excluding hydrogens is 262 g/mol. The average molecular weight is 287 g/mol. The standard InChI is InChI=1S/C17H25N3O/c1-14(2)10-12-20(3)11-6-9-17(21)19-16-8-5-4-7-15(16)13-18/h4-5,7-8,14H,6,9-12H2,1-3H3,(H,19,21). The Bertz CT molecular complexity index is 491. The Morgan fingerprint density at radius 2 is 2.05 bits per heavy atom. The zero-order valence-corrected chi connectivity index (χ0v) is 13.2. The summed E-state index contributed by atoms with van der Waals surface area (Å²) in [6, 6.07) is 9.14. The van der Waals surface area contributed by atoms with Crippen LogP contribution in [0.4, 0.5) is 5.69 Å². The lowest BCUT2D eigenvalue weighted by atomic mass is 10.1. The molecule has 0 fully saturated rings. The Morgan fingerprint density at radius 1 is 1.33 bits per heavy atom. The van der Waals surface area contributed by atoms with Gasteiger partial charge in [0, 0.05) is 6.42 Å². The third-order valence-corrected chi connectivity index (χ3v) is 3.35.